The molecule has 1 aromatic rings. The summed E-state index contributed by atoms with van der Waals surface area (Å²) in [4.78, 5) is 0. The smallest absolute Gasteiger partial charge is 0.00790 e. The van der Waals surface area contributed by atoms with Gasteiger partial charge in [-0.05, 0) is 31.4 Å². The standard InChI is InChI=1S/C15H26N2/c1-14(2)17-13-12-16-11-7-6-10-15-8-4-3-5-9-15/h3-5,8-9,14,16-17H,6-7,10-13H2,1-2H3. The number of hydrogen-bond acceptors (Lipinski definition) is 2. The Morgan fingerprint density at radius 1 is 0.941 bits per heavy atom. The van der Waals surface area contributed by atoms with Crippen LogP contribution >= 0.6 is 0 Å². The van der Waals surface area contributed by atoms with Gasteiger partial charge >= 0.3 is 0 Å². The molecule has 0 spiro atoms. The Morgan fingerprint density at radius 3 is 2.41 bits per heavy atom. The first-order valence-corrected chi connectivity index (χ1v) is 6.77. The van der Waals surface area contributed by atoms with Crippen LogP contribution in [0.2, 0.25) is 0 Å². The Labute approximate surface area is 106 Å². The lowest BCUT2D eigenvalue weighted by atomic mass is 10.1. The Hall–Kier alpha value is -0.860. The summed E-state index contributed by atoms with van der Waals surface area (Å²) in [5.74, 6) is 0. The molecule has 2 heteroatoms. The minimum atomic E-state index is 0.592. The molecule has 0 saturated heterocycles. The minimum Gasteiger partial charge on any atom is -0.315 e. The molecule has 1 rings (SSSR count). The number of nitrogens with one attached hydrogen (secondary N) is 2. The van der Waals surface area contributed by atoms with Crippen LogP contribution in [-0.2, 0) is 6.42 Å². The average Bonchev–Trinajstić information content (AvgIpc) is 2.33. The summed E-state index contributed by atoms with van der Waals surface area (Å²) >= 11 is 0. The van der Waals surface area contributed by atoms with Crippen LogP contribution in [0.5, 0.6) is 0 Å². The number of benzene rings is 1. The second kappa shape index (κ2) is 9.20. The van der Waals surface area contributed by atoms with Crippen LogP contribution in [0.3, 0.4) is 0 Å². The van der Waals surface area contributed by atoms with E-state index in [4.69, 9.17) is 0 Å². The van der Waals surface area contributed by atoms with E-state index in [0.717, 1.165) is 19.6 Å². The lowest BCUT2D eigenvalue weighted by Gasteiger charge is -2.08. The summed E-state index contributed by atoms with van der Waals surface area (Å²) in [5.41, 5.74) is 1.45. The third-order valence-corrected chi connectivity index (χ3v) is 2.77. The number of aryl methyl sites for hydroxylation is 1. The summed E-state index contributed by atoms with van der Waals surface area (Å²) in [5, 5.41) is 6.86. The summed E-state index contributed by atoms with van der Waals surface area (Å²) in [6.45, 7) is 7.63. The van der Waals surface area contributed by atoms with Crippen molar-refractivity contribution in [2.45, 2.75) is 39.2 Å². The fourth-order valence-electron chi connectivity index (χ4n) is 1.80. The number of rotatable bonds is 9. The minimum absolute atomic E-state index is 0.592. The largest absolute Gasteiger partial charge is 0.315 e. The fourth-order valence-corrected chi connectivity index (χ4v) is 1.80. The molecule has 2 nitrogen and oxygen atoms in total. The highest BCUT2D eigenvalue weighted by Crippen LogP contribution is 2.03. The monoisotopic (exact) mass is 234 g/mol. The van der Waals surface area contributed by atoms with Gasteiger partial charge in [-0.3, -0.25) is 0 Å². The molecule has 0 heterocycles. The van der Waals surface area contributed by atoms with Crippen molar-refractivity contribution in [1.82, 2.24) is 10.6 Å². The van der Waals surface area contributed by atoms with Gasteiger partial charge in [0.1, 0.15) is 0 Å². The molecule has 96 valence electrons. The second-order valence-electron chi connectivity index (χ2n) is 4.80. The van der Waals surface area contributed by atoms with E-state index in [0.29, 0.717) is 6.04 Å². The third-order valence-electron chi connectivity index (χ3n) is 2.77. The van der Waals surface area contributed by atoms with E-state index in [1.54, 1.807) is 0 Å². The van der Waals surface area contributed by atoms with Crippen molar-refractivity contribution in [2.24, 2.45) is 0 Å². The molecule has 0 bridgehead atoms. The van der Waals surface area contributed by atoms with E-state index in [1.807, 2.05) is 0 Å². The summed E-state index contributed by atoms with van der Waals surface area (Å²) < 4.78 is 0. The van der Waals surface area contributed by atoms with E-state index in [1.165, 1.54) is 24.8 Å². The first-order valence-electron chi connectivity index (χ1n) is 6.77. The van der Waals surface area contributed by atoms with Crippen molar-refractivity contribution in [3.8, 4) is 0 Å². The molecule has 0 fully saturated rings. The maximum atomic E-state index is 3.46. The molecule has 0 aliphatic carbocycles. The van der Waals surface area contributed by atoms with Crippen molar-refractivity contribution in [3.05, 3.63) is 35.9 Å². The Kier molecular flexibility index (Phi) is 7.69. The van der Waals surface area contributed by atoms with E-state index in [9.17, 15) is 0 Å². The molecule has 2 N–H and O–H groups in total. The Morgan fingerprint density at radius 2 is 1.71 bits per heavy atom. The van der Waals surface area contributed by atoms with Crippen LogP contribution < -0.4 is 10.6 Å². The van der Waals surface area contributed by atoms with Crippen LogP contribution in [0.25, 0.3) is 0 Å². The normalized spacial score (nSPS) is 11.0. The van der Waals surface area contributed by atoms with E-state index < -0.39 is 0 Å². The first kappa shape index (κ1) is 14.2. The molecule has 0 saturated carbocycles. The molecule has 0 aliphatic heterocycles. The van der Waals surface area contributed by atoms with E-state index >= 15 is 0 Å². The van der Waals surface area contributed by atoms with Gasteiger partial charge in [0.05, 0.1) is 0 Å². The highest BCUT2D eigenvalue weighted by atomic mass is 14.9. The Balaban J connectivity index is 1.88. The predicted molar refractivity (Wildman–Crippen MR) is 75.4 cm³/mol. The fraction of sp³-hybridized carbons (Fsp3) is 0.600. The van der Waals surface area contributed by atoms with Gasteiger partial charge in [-0.15, -0.1) is 0 Å². The van der Waals surface area contributed by atoms with Gasteiger partial charge in [-0.1, -0.05) is 44.2 Å². The number of unbranched alkanes of at least 4 members (excludes halogenated alkanes) is 1. The molecule has 17 heavy (non-hydrogen) atoms. The number of hydrogen-bond donors (Lipinski definition) is 2. The van der Waals surface area contributed by atoms with Gasteiger partial charge in [0.15, 0.2) is 0 Å². The molecular weight excluding hydrogens is 208 g/mol. The molecule has 0 aliphatic rings. The summed E-state index contributed by atoms with van der Waals surface area (Å²) in [6, 6.07) is 11.3. The van der Waals surface area contributed by atoms with Crippen molar-refractivity contribution < 1.29 is 0 Å². The maximum Gasteiger partial charge on any atom is 0.00790 e. The highest BCUT2D eigenvalue weighted by Gasteiger charge is 1.93. The average molecular weight is 234 g/mol. The van der Waals surface area contributed by atoms with E-state index in [2.05, 4.69) is 54.8 Å². The van der Waals surface area contributed by atoms with Crippen LogP contribution in [0, 0.1) is 0 Å². The van der Waals surface area contributed by atoms with Crippen molar-refractivity contribution >= 4 is 0 Å². The quantitative estimate of drug-likeness (QED) is 0.642. The summed E-state index contributed by atoms with van der Waals surface area (Å²) in [7, 11) is 0. The van der Waals surface area contributed by atoms with Crippen LogP contribution in [0.4, 0.5) is 0 Å². The van der Waals surface area contributed by atoms with Crippen molar-refractivity contribution in [3.63, 3.8) is 0 Å². The molecule has 0 radical (unpaired) electrons. The van der Waals surface area contributed by atoms with Gasteiger partial charge in [0, 0.05) is 19.1 Å². The van der Waals surface area contributed by atoms with Crippen molar-refractivity contribution in [2.75, 3.05) is 19.6 Å². The SMILES string of the molecule is CC(C)NCCNCCCCc1ccccc1. The molecular formula is C15H26N2. The maximum absolute atomic E-state index is 3.46. The highest BCUT2D eigenvalue weighted by molar-refractivity contribution is 5.14. The van der Waals surface area contributed by atoms with Gasteiger partial charge < -0.3 is 10.6 Å². The lowest BCUT2D eigenvalue weighted by molar-refractivity contribution is 0.545. The first-order chi connectivity index (χ1) is 8.29. The molecule has 1 aromatic carbocycles. The van der Waals surface area contributed by atoms with Gasteiger partial charge in [0.2, 0.25) is 0 Å². The molecule has 0 aromatic heterocycles. The second-order valence-corrected chi connectivity index (χ2v) is 4.80. The van der Waals surface area contributed by atoms with E-state index in [-0.39, 0.29) is 0 Å². The topological polar surface area (TPSA) is 24.1 Å². The molecule has 0 amide bonds. The van der Waals surface area contributed by atoms with Gasteiger partial charge in [-0.25, -0.2) is 0 Å². The summed E-state index contributed by atoms with van der Waals surface area (Å²) in [6.07, 6.45) is 3.73. The van der Waals surface area contributed by atoms with Gasteiger partial charge in [-0.2, -0.15) is 0 Å². The zero-order chi connectivity index (χ0) is 12.3. The Bertz CT molecular complexity index is 270. The predicted octanol–water partition coefficient (Wildman–Crippen LogP) is 2.60. The van der Waals surface area contributed by atoms with Gasteiger partial charge in [0.25, 0.3) is 0 Å². The lowest BCUT2D eigenvalue weighted by Crippen LogP contribution is -2.32. The zero-order valence-electron chi connectivity index (χ0n) is 11.2. The zero-order valence-corrected chi connectivity index (χ0v) is 11.2. The molecule has 0 atom stereocenters. The third kappa shape index (κ3) is 7.94. The van der Waals surface area contributed by atoms with Crippen LogP contribution in [-0.4, -0.2) is 25.7 Å². The van der Waals surface area contributed by atoms with Crippen LogP contribution in [0.15, 0.2) is 30.3 Å². The molecule has 0 unspecified atom stereocenters. The van der Waals surface area contributed by atoms with Crippen LogP contribution in [0.1, 0.15) is 32.3 Å². The van der Waals surface area contributed by atoms with Crippen molar-refractivity contribution in [1.29, 1.82) is 0 Å².